The van der Waals surface area contributed by atoms with Gasteiger partial charge in [-0.25, -0.2) is 0 Å². The van der Waals surface area contributed by atoms with Crippen LogP contribution in [-0.2, 0) is 4.79 Å². The molecule has 25 heavy (non-hydrogen) atoms. The highest BCUT2D eigenvalue weighted by molar-refractivity contribution is 6.30. The van der Waals surface area contributed by atoms with Crippen LogP contribution in [0.25, 0.3) is 0 Å². The van der Waals surface area contributed by atoms with E-state index in [1.54, 1.807) is 0 Å². The summed E-state index contributed by atoms with van der Waals surface area (Å²) in [6, 6.07) is 16.8. The normalized spacial score (nSPS) is 17.2. The van der Waals surface area contributed by atoms with E-state index in [9.17, 15) is 4.79 Å². The molecule has 1 heterocycles. The number of halogens is 1. The molecule has 0 saturated carbocycles. The Bertz CT molecular complexity index is 675. The second-order valence-electron chi connectivity index (χ2n) is 6.21. The van der Waals surface area contributed by atoms with Crippen molar-refractivity contribution in [1.29, 1.82) is 0 Å². The summed E-state index contributed by atoms with van der Waals surface area (Å²) >= 11 is 5.88. The van der Waals surface area contributed by atoms with Crippen molar-refractivity contribution in [2.75, 3.05) is 26.3 Å². The molecule has 0 aromatic heterocycles. The Morgan fingerprint density at radius 2 is 1.76 bits per heavy atom. The highest BCUT2D eigenvalue weighted by Gasteiger charge is 2.24. The summed E-state index contributed by atoms with van der Waals surface area (Å²) < 4.78 is 11.4. The van der Waals surface area contributed by atoms with Crippen molar-refractivity contribution >= 4 is 17.5 Å². The summed E-state index contributed by atoms with van der Waals surface area (Å²) in [4.78, 5) is 14.3. The van der Waals surface area contributed by atoms with E-state index in [4.69, 9.17) is 21.1 Å². The number of piperidine rings is 1. The van der Waals surface area contributed by atoms with Crippen LogP contribution in [0.15, 0.2) is 54.6 Å². The van der Waals surface area contributed by atoms with Crippen LogP contribution in [0.2, 0.25) is 5.02 Å². The maximum absolute atomic E-state index is 12.4. The van der Waals surface area contributed by atoms with Gasteiger partial charge in [-0.15, -0.1) is 0 Å². The molecular formula is C20H22ClNO3. The lowest BCUT2D eigenvalue weighted by Crippen LogP contribution is -2.43. The van der Waals surface area contributed by atoms with E-state index in [1.165, 1.54) is 0 Å². The third kappa shape index (κ3) is 5.40. The number of ether oxygens (including phenoxy) is 2. The van der Waals surface area contributed by atoms with Gasteiger partial charge in [0, 0.05) is 24.0 Å². The van der Waals surface area contributed by atoms with Gasteiger partial charge in [-0.2, -0.15) is 0 Å². The summed E-state index contributed by atoms with van der Waals surface area (Å²) in [7, 11) is 0. The van der Waals surface area contributed by atoms with Gasteiger partial charge >= 0.3 is 0 Å². The lowest BCUT2D eigenvalue weighted by molar-refractivity contribution is -0.135. The molecule has 0 N–H and O–H groups in total. The van der Waals surface area contributed by atoms with Gasteiger partial charge in [0.15, 0.2) is 6.61 Å². The van der Waals surface area contributed by atoms with E-state index >= 15 is 0 Å². The standard InChI is InChI=1S/C20H22ClNO3/c21-17-8-10-19(11-9-17)24-14-16-5-4-12-22(13-16)20(23)15-25-18-6-2-1-3-7-18/h1-3,6-11,16H,4-5,12-15H2. The summed E-state index contributed by atoms with van der Waals surface area (Å²) in [6.07, 6.45) is 2.06. The monoisotopic (exact) mass is 359 g/mol. The van der Waals surface area contributed by atoms with Crippen LogP contribution in [0.3, 0.4) is 0 Å². The molecule has 1 amide bonds. The number of likely N-dealkylation sites (tertiary alicyclic amines) is 1. The average molecular weight is 360 g/mol. The lowest BCUT2D eigenvalue weighted by atomic mass is 9.99. The van der Waals surface area contributed by atoms with Gasteiger partial charge in [0.1, 0.15) is 11.5 Å². The van der Waals surface area contributed by atoms with E-state index < -0.39 is 0 Å². The summed E-state index contributed by atoms with van der Waals surface area (Å²) in [6.45, 7) is 2.18. The molecule has 1 atom stereocenters. The molecule has 1 unspecified atom stereocenters. The number of hydrogen-bond donors (Lipinski definition) is 0. The second-order valence-corrected chi connectivity index (χ2v) is 6.65. The summed E-state index contributed by atoms with van der Waals surface area (Å²) in [5.41, 5.74) is 0. The number of hydrogen-bond acceptors (Lipinski definition) is 3. The van der Waals surface area contributed by atoms with Crippen molar-refractivity contribution in [3.8, 4) is 11.5 Å². The zero-order valence-corrected chi connectivity index (χ0v) is 14.8. The van der Waals surface area contributed by atoms with Crippen LogP contribution in [0, 0.1) is 5.92 Å². The van der Waals surface area contributed by atoms with Gasteiger partial charge < -0.3 is 14.4 Å². The predicted octanol–water partition coefficient (Wildman–Crippen LogP) is 4.04. The Morgan fingerprint density at radius 3 is 2.52 bits per heavy atom. The minimum Gasteiger partial charge on any atom is -0.493 e. The molecule has 0 bridgehead atoms. The van der Waals surface area contributed by atoms with Crippen LogP contribution in [0.1, 0.15) is 12.8 Å². The quantitative estimate of drug-likeness (QED) is 0.781. The van der Waals surface area contributed by atoms with Crippen molar-refractivity contribution in [3.05, 3.63) is 59.6 Å². The molecule has 1 saturated heterocycles. The number of benzene rings is 2. The molecule has 0 spiro atoms. The molecule has 3 rings (SSSR count). The van der Waals surface area contributed by atoms with Crippen molar-refractivity contribution in [2.24, 2.45) is 5.92 Å². The van der Waals surface area contributed by atoms with Gasteiger partial charge in [-0.1, -0.05) is 29.8 Å². The van der Waals surface area contributed by atoms with E-state index in [2.05, 4.69) is 0 Å². The Hall–Kier alpha value is -2.20. The Morgan fingerprint density at radius 1 is 1.04 bits per heavy atom. The fourth-order valence-electron chi connectivity index (χ4n) is 2.93. The first-order chi connectivity index (χ1) is 12.2. The Balaban J connectivity index is 1.45. The third-order valence-corrected chi connectivity index (χ3v) is 4.53. The lowest BCUT2D eigenvalue weighted by Gasteiger charge is -2.32. The van der Waals surface area contributed by atoms with E-state index in [1.807, 2.05) is 59.5 Å². The largest absolute Gasteiger partial charge is 0.493 e. The van der Waals surface area contributed by atoms with Crippen molar-refractivity contribution < 1.29 is 14.3 Å². The van der Waals surface area contributed by atoms with Crippen LogP contribution in [0.5, 0.6) is 11.5 Å². The minimum absolute atomic E-state index is 0.0278. The van der Waals surface area contributed by atoms with Crippen LogP contribution < -0.4 is 9.47 Å². The fraction of sp³-hybridized carbons (Fsp3) is 0.350. The van der Waals surface area contributed by atoms with Gasteiger partial charge in [0.2, 0.25) is 0 Å². The first-order valence-electron chi connectivity index (χ1n) is 8.55. The summed E-state index contributed by atoms with van der Waals surface area (Å²) in [5.74, 6) is 1.89. The minimum atomic E-state index is 0.0278. The number of carbonyl (C=O) groups excluding carboxylic acids is 1. The smallest absolute Gasteiger partial charge is 0.260 e. The summed E-state index contributed by atoms with van der Waals surface area (Å²) in [5, 5.41) is 0.695. The number of nitrogens with zero attached hydrogens (tertiary/aromatic N) is 1. The number of para-hydroxylation sites is 1. The molecule has 2 aromatic carbocycles. The van der Waals surface area contributed by atoms with Crippen molar-refractivity contribution in [1.82, 2.24) is 4.90 Å². The van der Waals surface area contributed by atoms with Gasteiger partial charge in [0.05, 0.1) is 6.61 Å². The topological polar surface area (TPSA) is 38.8 Å². The first kappa shape index (κ1) is 17.6. The Kier molecular flexibility index (Phi) is 6.18. The molecule has 0 radical (unpaired) electrons. The average Bonchev–Trinajstić information content (AvgIpc) is 2.67. The molecule has 5 heteroatoms. The first-order valence-corrected chi connectivity index (χ1v) is 8.92. The molecule has 1 fully saturated rings. The Labute approximate surface area is 153 Å². The van der Waals surface area contributed by atoms with Gasteiger partial charge in [-0.3, -0.25) is 4.79 Å². The zero-order valence-electron chi connectivity index (χ0n) is 14.1. The predicted molar refractivity (Wildman–Crippen MR) is 98.2 cm³/mol. The maximum Gasteiger partial charge on any atom is 0.260 e. The van der Waals surface area contributed by atoms with E-state index in [0.717, 1.165) is 30.9 Å². The van der Waals surface area contributed by atoms with Crippen molar-refractivity contribution in [2.45, 2.75) is 12.8 Å². The van der Waals surface area contributed by atoms with Gasteiger partial charge in [0.25, 0.3) is 5.91 Å². The zero-order chi connectivity index (χ0) is 17.5. The van der Waals surface area contributed by atoms with Crippen molar-refractivity contribution in [3.63, 3.8) is 0 Å². The molecule has 0 aliphatic carbocycles. The highest BCUT2D eigenvalue weighted by atomic mass is 35.5. The third-order valence-electron chi connectivity index (χ3n) is 4.28. The molecule has 4 nitrogen and oxygen atoms in total. The van der Waals surface area contributed by atoms with E-state index in [0.29, 0.717) is 24.1 Å². The number of amides is 1. The number of carbonyl (C=O) groups is 1. The van der Waals surface area contributed by atoms with Gasteiger partial charge in [-0.05, 0) is 49.2 Å². The SMILES string of the molecule is O=C(COc1ccccc1)N1CCCC(COc2ccc(Cl)cc2)C1. The molecule has 1 aliphatic heterocycles. The molecule has 1 aliphatic rings. The van der Waals surface area contributed by atoms with Crippen LogP contribution >= 0.6 is 11.6 Å². The van der Waals surface area contributed by atoms with Crippen LogP contribution in [0.4, 0.5) is 0 Å². The second kappa shape index (κ2) is 8.77. The fourth-order valence-corrected chi connectivity index (χ4v) is 3.05. The van der Waals surface area contributed by atoms with E-state index in [-0.39, 0.29) is 12.5 Å². The molecular weight excluding hydrogens is 338 g/mol. The maximum atomic E-state index is 12.4. The highest BCUT2D eigenvalue weighted by Crippen LogP contribution is 2.20. The van der Waals surface area contributed by atoms with Crippen LogP contribution in [-0.4, -0.2) is 37.1 Å². The molecule has 132 valence electrons. The number of rotatable bonds is 6. The molecule has 2 aromatic rings.